The molecule has 1 aliphatic rings. The third kappa shape index (κ3) is 3.17. The zero-order valence-corrected chi connectivity index (χ0v) is 11.9. The molecule has 0 aliphatic carbocycles. The third-order valence-electron chi connectivity index (χ3n) is 3.66. The average molecular weight is 276 g/mol. The van der Waals surface area contributed by atoms with Gasteiger partial charge in [-0.05, 0) is 50.9 Å². The molecule has 0 aromatic heterocycles. The number of anilines is 1. The number of carbonyl (C=O) groups excluding carboxylic acids is 2. The van der Waals surface area contributed by atoms with Crippen LogP contribution < -0.4 is 10.6 Å². The summed E-state index contributed by atoms with van der Waals surface area (Å²) in [4.78, 5) is 23.8. The van der Waals surface area contributed by atoms with Gasteiger partial charge in [-0.15, -0.1) is 0 Å². The lowest BCUT2D eigenvalue weighted by Crippen LogP contribution is -2.54. The van der Waals surface area contributed by atoms with Gasteiger partial charge < -0.3 is 15.4 Å². The molecule has 5 heteroatoms. The van der Waals surface area contributed by atoms with Crippen molar-refractivity contribution in [3.63, 3.8) is 0 Å². The van der Waals surface area contributed by atoms with E-state index in [1.807, 2.05) is 6.92 Å². The van der Waals surface area contributed by atoms with Crippen molar-refractivity contribution in [2.75, 3.05) is 19.0 Å². The van der Waals surface area contributed by atoms with Crippen LogP contribution >= 0.6 is 0 Å². The number of benzene rings is 1. The van der Waals surface area contributed by atoms with Gasteiger partial charge in [0.1, 0.15) is 0 Å². The van der Waals surface area contributed by atoms with Gasteiger partial charge in [0, 0.05) is 5.69 Å². The molecule has 1 amide bonds. The Hall–Kier alpha value is -1.88. The Morgan fingerprint density at radius 3 is 2.80 bits per heavy atom. The maximum absolute atomic E-state index is 12.4. The smallest absolute Gasteiger partial charge is 0.337 e. The summed E-state index contributed by atoms with van der Waals surface area (Å²) in [6.45, 7) is 2.76. The molecule has 1 unspecified atom stereocenters. The number of methoxy groups -OCH3 is 1. The van der Waals surface area contributed by atoms with Crippen LogP contribution in [-0.2, 0) is 9.53 Å². The molecule has 0 bridgehead atoms. The number of hydrogen-bond acceptors (Lipinski definition) is 4. The molecule has 2 N–H and O–H groups in total. The molecule has 20 heavy (non-hydrogen) atoms. The predicted molar refractivity (Wildman–Crippen MR) is 76.7 cm³/mol. The first-order valence-electron chi connectivity index (χ1n) is 6.80. The SMILES string of the molecule is COC(=O)c1cccc(NC(=O)C2(C)CCCCN2)c1. The number of amides is 1. The summed E-state index contributed by atoms with van der Waals surface area (Å²) in [6, 6.07) is 6.76. The summed E-state index contributed by atoms with van der Waals surface area (Å²) in [5, 5.41) is 6.12. The molecule has 1 fully saturated rings. The maximum Gasteiger partial charge on any atom is 0.337 e. The zero-order chi connectivity index (χ0) is 14.6. The molecule has 0 saturated carbocycles. The Labute approximate surface area is 118 Å². The van der Waals surface area contributed by atoms with Gasteiger partial charge in [-0.25, -0.2) is 4.79 Å². The van der Waals surface area contributed by atoms with Crippen molar-refractivity contribution in [2.45, 2.75) is 31.7 Å². The Balaban J connectivity index is 2.09. The topological polar surface area (TPSA) is 67.4 Å². The lowest BCUT2D eigenvalue weighted by molar-refractivity contribution is -0.122. The lowest BCUT2D eigenvalue weighted by atomic mass is 9.90. The molecular weight excluding hydrogens is 256 g/mol. The van der Waals surface area contributed by atoms with Gasteiger partial charge in [-0.3, -0.25) is 4.79 Å². The van der Waals surface area contributed by atoms with E-state index in [2.05, 4.69) is 15.4 Å². The van der Waals surface area contributed by atoms with E-state index < -0.39 is 11.5 Å². The molecule has 0 radical (unpaired) electrons. The van der Waals surface area contributed by atoms with Crippen molar-refractivity contribution in [1.29, 1.82) is 0 Å². The van der Waals surface area contributed by atoms with Gasteiger partial charge in [0.05, 0.1) is 18.2 Å². The largest absolute Gasteiger partial charge is 0.465 e. The van der Waals surface area contributed by atoms with Crippen LogP contribution in [0.15, 0.2) is 24.3 Å². The number of rotatable bonds is 3. The number of nitrogens with one attached hydrogen (secondary N) is 2. The fourth-order valence-corrected chi connectivity index (χ4v) is 2.36. The van der Waals surface area contributed by atoms with Gasteiger partial charge in [-0.2, -0.15) is 0 Å². The van der Waals surface area contributed by atoms with Crippen molar-refractivity contribution in [1.82, 2.24) is 5.32 Å². The minimum Gasteiger partial charge on any atom is -0.465 e. The van der Waals surface area contributed by atoms with Crippen LogP contribution in [0.5, 0.6) is 0 Å². The van der Waals surface area contributed by atoms with E-state index in [9.17, 15) is 9.59 Å². The first kappa shape index (κ1) is 14.5. The first-order valence-corrected chi connectivity index (χ1v) is 6.80. The van der Waals surface area contributed by atoms with Crippen molar-refractivity contribution in [2.24, 2.45) is 0 Å². The first-order chi connectivity index (χ1) is 9.55. The van der Waals surface area contributed by atoms with E-state index in [1.165, 1.54) is 7.11 Å². The minimum absolute atomic E-state index is 0.0702. The van der Waals surface area contributed by atoms with Gasteiger partial charge >= 0.3 is 5.97 Å². The van der Waals surface area contributed by atoms with Crippen LogP contribution in [0, 0.1) is 0 Å². The summed E-state index contributed by atoms with van der Waals surface area (Å²) < 4.78 is 4.67. The summed E-state index contributed by atoms with van der Waals surface area (Å²) in [7, 11) is 1.33. The molecular formula is C15H20N2O3. The van der Waals surface area contributed by atoms with E-state index in [4.69, 9.17) is 0 Å². The van der Waals surface area contributed by atoms with Crippen LogP contribution in [0.3, 0.4) is 0 Å². The van der Waals surface area contributed by atoms with E-state index >= 15 is 0 Å². The third-order valence-corrected chi connectivity index (χ3v) is 3.66. The van der Waals surface area contributed by atoms with Crippen LogP contribution in [0.4, 0.5) is 5.69 Å². The Kier molecular flexibility index (Phi) is 4.39. The zero-order valence-electron chi connectivity index (χ0n) is 11.9. The summed E-state index contributed by atoms with van der Waals surface area (Å²) in [5.41, 5.74) is 0.484. The van der Waals surface area contributed by atoms with Gasteiger partial charge in [-0.1, -0.05) is 6.07 Å². The maximum atomic E-state index is 12.4. The molecule has 1 saturated heterocycles. The van der Waals surface area contributed by atoms with Crippen LogP contribution in [0.1, 0.15) is 36.5 Å². The highest BCUT2D eigenvalue weighted by Gasteiger charge is 2.34. The number of ether oxygens (including phenoxy) is 1. The normalized spacial score (nSPS) is 22.1. The molecule has 1 aromatic rings. The predicted octanol–water partition coefficient (Wildman–Crippen LogP) is 1.94. The fourth-order valence-electron chi connectivity index (χ4n) is 2.36. The van der Waals surface area contributed by atoms with Crippen LogP contribution in [0.25, 0.3) is 0 Å². The number of carbonyl (C=O) groups is 2. The highest BCUT2D eigenvalue weighted by molar-refractivity contribution is 5.99. The molecule has 1 aliphatic heterocycles. The second-order valence-corrected chi connectivity index (χ2v) is 5.24. The van der Waals surface area contributed by atoms with E-state index in [0.717, 1.165) is 25.8 Å². The highest BCUT2D eigenvalue weighted by atomic mass is 16.5. The molecule has 2 rings (SSSR count). The molecule has 108 valence electrons. The molecule has 1 atom stereocenters. The Bertz CT molecular complexity index is 508. The van der Waals surface area contributed by atoms with Crippen molar-refractivity contribution in [3.8, 4) is 0 Å². The molecule has 5 nitrogen and oxygen atoms in total. The molecule has 1 heterocycles. The Morgan fingerprint density at radius 1 is 1.35 bits per heavy atom. The van der Waals surface area contributed by atoms with E-state index in [-0.39, 0.29) is 5.91 Å². The number of hydrogen-bond donors (Lipinski definition) is 2. The van der Waals surface area contributed by atoms with Crippen LogP contribution in [0.2, 0.25) is 0 Å². The van der Waals surface area contributed by atoms with Gasteiger partial charge in [0.15, 0.2) is 0 Å². The van der Waals surface area contributed by atoms with E-state index in [0.29, 0.717) is 11.3 Å². The number of esters is 1. The van der Waals surface area contributed by atoms with Crippen LogP contribution in [-0.4, -0.2) is 31.1 Å². The van der Waals surface area contributed by atoms with Crippen molar-refractivity contribution < 1.29 is 14.3 Å². The quantitative estimate of drug-likeness (QED) is 0.828. The second kappa shape index (κ2) is 6.05. The van der Waals surface area contributed by atoms with Crippen molar-refractivity contribution in [3.05, 3.63) is 29.8 Å². The minimum atomic E-state index is -0.542. The molecule has 1 aromatic carbocycles. The standard InChI is InChI=1S/C15H20N2O3/c1-15(8-3-4-9-16-15)14(19)17-12-7-5-6-11(10-12)13(18)20-2/h5-7,10,16H,3-4,8-9H2,1-2H3,(H,17,19). The lowest BCUT2D eigenvalue weighted by Gasteiger charge is -2.33. The number of piperidine rings is 1. The van der Waals surface area contributed by atoms with Gasteiger partial charge in [0.25, 0.3) is 0 Å². The average Bonchev–Trinajstić information content (AvgIpc) is 2.47. The summed E-state index contributed by atoms with van der Waals surface area (Å²) >= 11 is 0. The van der Waals surface area contributed by atoms with Crippen molar-refractivity contribution >= 4 is 17.6 Å². The van der Waals surface area contributed by atoms with E-state index in [1.54, 1.807) is 24.3 Å². The highest BCUT2D eigenvalue weighted by Crippen LogP contribution is 2.21. The second-order valence-electron chi connectivity index (χ2n) is 5.24. The summed E-state index contributed by atoms with van der Waals surface area (Å²) in [5.74, 6) is -0.484. The van der Waals surface area contributed by atoms with Gasteiger partial charge in [0.2, 0.25) is 5.91 Å². The Morgan fingerprint density at radius 2 is 2.15 bits per heavy atom. The molecule has 0 spiro atoms. The fraction of sp³-hybridized carbons (Fsp3) is 0.467. The summed E-state index contributed by atoms with van der Waals surface area (Å²) in [6.07, 6.45) is 2.95. The monoisotopic (exact) mass is 276 g/mol.